The van der Waals surface area contributed by atoms with Crippen molar-refractivity contribution in [2.24, 2.45) is 0 Å². The van der Waals surface area contributed by atoms with Gasteiger partial charge in [-0.05, 0) is 70.9 Å². The van der Waals surface area contributed by atoms with Gasteiger partial charge in [-0.15, -0.1) is 0 Å². The lowest BCUT2D eigenvalue weighted by Gasteiger charge is -2.19. The molecule has 0 aliphatic rings. The molecular formula is C25H36O2. The molecule has 0 amide bonds. The Balaban J connectivity index is 2.56. The Bertz CT molecular complexity index is 711. The van der Waals surface area contributed by atoms with E-state index in [1.807, 2.05) is 0 Å². The Hall–Kier alpha value is -1.96. The molecular weight excluding hydrogens is 332 g/mol. The molecule has 0 fully saturated rings. The zero-order valence-electron chi connectivity index (χ0n) is 17.9. The molecule has 2 unspecified atom stereocenters. The molecule has 0 aromatic heterocycles. The van der Waals surface area contributed by atoms with Crippen molar-refractivity contribution in [3.05, 3.63) is 57.6 Å². The topological polar surface area (TPSA) is 40.5 Å². The summed E-state index contributed by atoms with van der Waals surface area (Å²) in [4.78, 5) is 0. The Morgan fingerprint density at radius 2 is 1.04 bits per heavy atom. The molecule has 0 bridgehead atoms. The first-order valence-corrected chi connectivity index (χ1v) is 10.5. The van der Waals surface area contributed by atoms with Gasteiger partial charge >= 0.3 is 0 Å². The second-order valence-electron chi connectivity index (χ2n) is 7.89. The first-order chi connectivity index (χ1) is 12.9. The van der Waals surface area contributed by atoms with Gasteiger partial charge in [-0.2, -0.15) is 0 Å². The number of phenols is 2. The highest BCUT2D eigenvalue weighted by Crippen LogP contribution is 2.38. The average Bonchev–Trinajstić information content (AvgIpc) is 2.69. The quantitative estimate of drug-likeness (QED) is 0.535. The molecule has 2 atom stereocenters. The number of hydrogen-bond acceptors (Lipinski definition) is 2. The molecule has 148 valence electrons. The molecule has 0 saturated heterocycles. The van der Waals surface area contributed by atoms with Crippen molar-refractivity contribution < 1.29 is 10.2 Å². The number of aromatic hydroxyl groups is 2. The van der Waals surface area contributed by atoms with E-state index in [0.717, 1.165) is 47.9 Å². The first kappa shape index (κ1) is 21.3. The van der Waals surface area contributed by atoms with E-state index in [1.54, 1.807) is 0 Å². The van der Waals surface area contributed by atoms with Crippen LogP contribution in [0.2, 0.25) is 0 Å². The Kier molecular flexibility index (Phi) is 7.35. The number of phenolic OH excluding ortho intramolecular Hbond substituents is 2. The van der Waals surface area contributed by atoms with Crippen molar-refractivity contribution in [1.29, 1.82) is 0 Å². The van der Waals surface area contributed by atoms with E-state index in [9.17, 15) is 10.2 Å². The summed E-state index contributed by atoms with van der Waals surface area (Å²) in [6.07, 6.45) is 4.43. The predicted octanol–water partition coefficient (Wildman–Crippen LogP) is 6.84. The molecule has 0 spiro atoms. The van der Waals surface area contributed by atoms with E-state index in [2.05, 4.69) is 65.8 Å². The Morgan fingerprint density at radius 1 is 0.667 bits per heavy atom. The summed E-state index contributed by atoms with van der Waals surface area (Å²) in [5.41, 5.74) is 6.38. The third kappa shape index (κ3) is 4.66. The lowest BCUT2D eigenvalue weighted by Crippen LogP contribution is -2.02. The summed E-state index contributed by atoms with van der Waals surface area (Å²) < 4.78 is 0. The van der Waals surface area contributed by atoms with E-state index in [0.29, 0.717) is 29.8 Å². The van der Waals surface area contributed by atoms with Crippen LogP contribution in [-0.4, -0.2) is 10.2 Å². The molecule has 0 saturated carbocycles. The fourth-order valence-electron chi connectivity index (χ4n) is 3.65. The fourth-order valence-corrected chi connectivity index (χ4v) is 3.65. The molecule has 0 heterocycles. The lowest BCUT2D eigenvalue weighted by atomic mass is 9.88. The van der Waals surface area contributed by atoms with Crippen LogP contribution < -0.4 is 0 Å². The van der Waals surface area contributed by atoms with Crippen molar-refractivity contribution in [1.82, 2.24) is 0 Å². The van der Waals surface area contributed by atoms with Gasteiger partial charge in [-0.1, -0.05) is 65.8 Å². The number of hydrogen-bond donors (Lipinski definition) is 2. The zero-order chi connectivity index (χ0) is 20.1. The minimum absolute atomic E-state index is 0.321. The minimum atomic E-state index is 0.321. The average molecular weight is 369 g/mol. The van der Waals surface area contributed by atoms with Gasteiger partial charge in [0, 0.05) is 6.42 Å². The van der Waals surface area contributed by atoms with Crippen molar-refractivity contribution >= 4 is 0 Å². The van der Waals surface area contributed by atoms with E-state index >= 15 is 0 Å². The fraction of sp³-hybridized carbons (Fsp3) is 0.520. The maximum atomic E-state index is 10.9. The molecule has 0 aliphatic carbocycles. The van der Waals surface area contributed by atoms with E-state index < -0.39 is 0 Å². The number of aryl methyl sites for hydroxylation is 2. The van der Waals surface area contributed by atoms with Crippen molar-refractivity contribution in [2.45, 2.75) is 85.5 Å². The molecule has 2 aromatic carbocycles. The largest absolute Gasteiger partial charge is 0.507 e. The number of rotatable bonds is 8. The van der Waals surface area contributed by atoms with Gasteiger partial charge in [-0.25, -0.2) is 0 Å². The monoisotopic (exact) mass is 368 g/mol. The Morgan fingerprint density at radius 3 is 1.33 bits per heavy atom. The third-order valence-electron chi connectivity index (χ3n) is 6.04. The summed E-state index contributed by atoms with van der Waals surface area (Å²) in [5, 5.41) is 21.9. The molecule has 0 radical (unpaired) electrons. The van der Waals surface area contributed by atoms with Gasteiger partial charge in [0.1, 0.15) is 11.5 Å². The van der Waals surface area contributed by atoms with E-state index in [4.69, 9.17) is 0 Å². The maximum absolute atomic E-state index is 10.9. The highest BCUT2D eigenvalue weighted by Gasteiger charge is 2.18. The predicted molar refractivity (Wildman–Crippen MR) is 115 cm³/mol. The molecule has 2 aromatic rings. The van der Waals surface area contributed by atoms with Crippen LogP contribution in [0.3, 0.4) is 0 Å². The van der Waals surface area contributed by atoms with Crippen molar-refractivity contribution in [3.8, 4) is 11.5 Å². The van der Waals surface area contributed by atoms with Gasteiger partial charge in [0.2, 0.25) is 0 Å². The molecule has 27 heavy (non-hydrogen) atoms. The van der Waals surface area contributed by atoms with Gasteiger partial charge in [0.25, 0.3) is 0 Å². The lowest BCUT2D eigenvalue weighted by molar-refractivity contribution is 0.449. The van der Waals surface area contributed by atoms with Crippen LogP contribution in [0.15, 0.2) is 24.3 Å². The summed E-state index contributed by atoms with van der Waals surface area (Å²) in [7, 11) is 0. The summed E-state index contributed by atoms with van der Waals surface area (Å²) in [5.74, 6) is 1.43. The molecule has 2 heteroatoms. The first-order valence-electron chi connectivity index (χ1n) is 10.5. The number of benzene rings is 2. The van der Waals surface area contributed by atoms with Gasteiger partial charge in [0.05, 0.1) is 0 Å². The highest BCUT2D eigenvalue weighted by molar-refractivity contribution is 5.52. The summed E-state index contributed by atoms with van der Waals surface area (Å²) in [6.45, 7) is 12.9. The van der Waals surface area contributed by atoms with E-state index in [1.165, 1.54) is 11.1 Å². The van der Waals surface area contributed by atoms with Crippen LogP contribution >= 0.6 is 0 Å². The van der Waals surface area contributed by atoms with Crippen LogP contribution in [-0.2, 0) is 19.3 Å². The van der Waals surface area contributed by atoms with Gasteiger partial charge in [0.15, 0.2) is 0 Å². The van der Waals surface area contributed by atoms with Crippen LogP contribution in [0.1, 0.15) is 99.6 Å². The highest BCUT2D eigenvalue weighted by atomic mass is 16.3. The van der Waals surface area contributed by atoms with Crippen molar-refractivity contribution in [3.63, 3.8) is 0 Å². The second kappa shape index (κ2) is 9.30. The molecule has 2 rings (SSSR count). The zero-order valence-corrected chi connectivity index (χ0v) is 17.9. The molecule has 2 nitrogen and oxygen atoms in total. The smallest absolute Gasteiger partial charge is 0.122 e. The summed E-state index contributed by atoms with van der Waals surface area (Å²) in [6, 6.07) is 8.48. The van der Waals surface area contributed by atoms with Crippen LogP contribution in [0.4, 0.5) is 0 Å². The second-order valence-corrected chi connectivity index (χ2v) is 7.89. The van der Waals surface area contributed by atoms with Gasteiger partial charge in [-0.3, -0.25) is 0 Å². The van der Waals surface area contributed by atoms with E-state index in [-0.39, 0.29) is 0 Å². The van der Waals surface area contributed by atoms with Crippen LogP contribution in [0.25, 0.3) is 0 Å². The minimum Gasteiger partial charge on any atom is -0.507 e. The molecule has 2 N–H and O–H groups in total. The van der Waals surface area contributed by atoms with Gasteiger partial charge < -0.3 is 10.2 Å². The van der Waals surface area contributed by atoms with Crippen LogP contribution in [0.5, 0.6) is 11.5 Å². The van der Waals surface area contributed by atoms with Crippen molar-refractivity contribution in [2.75, 3.05) is 0 Å². The van der Waals surface area contributed by atoms with Crippen LogP contribution in [0, 0.1) is 0 Å². The maximum Gasteiger partial charge on any atom is 0.122 e. The molecule has 0 aliphatic heterocycles. The standard InChI is InChI=1S/C25H36O2/c1-7-16(5)22-13-18(9-3)11-20(24(22)26)15-21-12-19(10-4)14-23(25(21)27)17(6)8-2/h11-14,16-17,26-27H,7-10,15H2,1-6H3. The summed E-state index contributed by atoms with van der Waals surface area (Å²) >= 11 is 0. The Labute approximate surface area is 165 Å². The normalized spacial score (nSPS) is 13.6. The SMILES string of the molecule is CCc1cc(Cc2cc(CC)cc(C(C)CC)c2O)c(O)c(C(C)CC)c1. The third-order valence-corrected chi connectivity index (χ3v) is 6.04.